The minimum Gasteiger partial charge on any atom is -0.478 e. The Hall–Kier alpha value is -4.44. The third-order valence-corrected chi connectivity index (χ3v) is 5.54. The summed E-state index contributed by atoms with van der Waals surface area (Å²) in [6.45, 7) is 1.94. The molecule has 5 aromatic rings. The highest BCUT2D eigenvalue weighted by molar-refractivity contribution is 6.04. The molecule has 0 aliphatic carbocycles. The average molecular weight is 431 g/mol. The molecule has 0 amide bonds. The van der Waals surface area contributed by atoms with Crippen LogP contribution >= 0.6 is 0 Å². The lowest BCUT2D eigenvalue weighted by Crippen LogP contribution is -2.00. The van der Waals surface area contributed by atoms with E-state index in [1.54, 1.807) is 6.07 Å². The number of carboxylic acids is 1. The molecule has 0 fully saturated rings. The van der Waals surface area contributed by atoms with Crippen molar-refractivity contribution in [3.8, 4) is 33.9 Å². The largest absolute Gasteiger partial charge is 0.478 e. The molecule has 4 nitrogen and oxygen atoms in total. The summed E-state index contributed by atoms with van der Waals surface area (Å²) in [4.78, 5) is 16.6. The summed E-state index contributed by atoms with van der Waals surface area (Å²) >= 11 is 0. The van der Waals surface area contributed by atoms with Crippen molar-refractivity contribution in [3.63, 3.8) is 0 Å². The van der Waals surface area contributed by atoms with Gasteiger partial charge in [0.25, 0.3) is 0 Å². The Morgan fingerprint density at radius 3 is 2.00 bits per heavy atom. The predicted octanol–water partition coefficient (Wildman–Crippen LogP) is 7.37. The number of aromatic carboxylic acids is 1. The molecule has 160 valence electrons. The second kappa shape index (κ2) is 8.60. The van der Waals surface area contributed by atoms with Crippen molar-refractivity contribution in [2.75, 3.05) is 0 Å². The van der Waals surface area contributed by atoms with Gasteiger partial charge in [-0.1, -0.05) is 66.2 Å². The van der Waals surface area contributed by atoms with Crippen LogP contribution in [0.15, 0.2) is 103 Å². The Bertz CT molecular complexity index is 1440. The topological polar surface area (TPSA) is 59.4 Å². The fraction of sp³-hybridized carbons (Fsp3) is 0.0345. The molecule has 1 aromatic heterocycles. The van der Waals surface area contributed by atoms with Crippen LogP contribution in [0.5, 0.6) is 11.5 Å². The van der Waals surface area contributed by atoms with Crippen molar-refractivity contribution in [2.45, 2.75) is 6.92 Å². The molecule has 4 aromatic carbocycles. The normalized spacial score (nSPS) is 10.8. The number of fused-ring (bicyclic) bond motifs is 1. The molecule has 5 rings (SSSR count). The standard InChI is InChI=1S/C29H21NO3/c1-19-7-16-27-25(17-19)26(29(31)32)18-28(30-27)22-10-8-20(9-11-22)21-12-14-24(15-13-21)33-23-5-3-2-4-6-23/h2-18H,1H3,(H,31,32). The number of carbonyl (C=O) groups is 1. The van der Waals surface area contributed by atoms with Gasteiger partial charge in [-0.05, 0) is 60.5 Å². The first kappa shape index (κ1) is 20.5. The molecule has 0 atom stereocenters. The van der Waals surface area contributed by atoms with E-state index in [1.807, 2.05) is 104 Å². The number of rotatable bonds is 5. The van der Waals surface area contributed by atoms with Gasteiger partial charge in [-0.15, -0.1) is 0 Å². The molecule has 1 N–H and O–H groups in total. The molecule has 0 aliphatic rings. The Morgan fingerprint density at radius 1 is 0.727 bits per heavy atom. The highest BCUT2D eigenvalue weighted by Gasteiger charge is 2.13. The number of para-hydroxylation sites is 1. The van der Waals surface area contributed by atoms with Gasteiger partial charge in [-0.25, -0.2) is 9.78 Å². The number of carboxylic acid groups (broad SMARTS) is 1. The number of benzene rings is 4. The monoisotopic (exact) mass is 431 g/mol. The zero-order chi connectivity index (χ0) is 22.8. The molecule has 0 bridgehead atoms. The molecule has 0 unspecified atom stereocenters. The summed E-state index contributed by atoms with van der Waals surface area (Å²) in [5, 5.41) is 10.4. The molecular formula is C29H21NO3. The number of hydrogen-bond acceptors (Lipinski definition) is 3. The van der Waals surface area contributed by atoms with Gasteiger partial charge < -0.3 is 9.84 Å². The van der Waals surface area contributed by atoms with Crippen LogP contribution < -0.4 is 4.74 Å². The second-order valence-corrected chi connectivity index (χ2v) is 7.90. The van der Waals surface area contributed by atoms with Gasteiger partial charge in [-0.2, -0.15) is 0 Å². The zero-order valence-corrected chi connectivity index (χ0v) is 18.0. The maximum Gasteiger partial charge on any atom is 0.336 e. The number of nitrogens with zero attached hydrogens (tertiary/aromatic N) is 1. The molecule has 0 saturated heterocycles. The van der Waals surface area contributed by atoms with Crippen molar-refractivity contribution in [2.24, 2.45) is 0 Å². The van der Waals surface area contributed by atoms with Gasteiger partial charge >= 0.3 is 5.97 Å². The van der Waals surface area contributed by atoms with E-state index < -0.39 is 5.97 Å². The molecule has 0 saturated carbocycles. The quantitative estimate of drug-likeness (QED) is 0.316. The fourth-order valence-corrected chi connectivity index (χ4v) is 3.84. The maximum atomic E-state index is 11.9. The lowest BCUT2D eigenvalue weighted by Gasteiger charge is -2.10. The van der Waals surface area contributed by atoms with Gasteiger partial charge in [0.1, 0.15) is 11.5 Å². The number of hydrogen-bond donors (Lipinski definition) is 1. The van der Waals surface area contributed by atoms with Crippen molar-refractivity contribution in [1.82, 2.24) is 4.98 Å². The van der Waals surface area contributed by atoms with Gasteiger partial charge in [-0.3, -0.25) is 0 Å². The van der Waals surface area contributed by atoms with Crippen molar-refractivity contribution in [1.29, 1.82) is 0 Å². The van der Waals surface area contributed by atoms with Crippen LogP contribution in [0.3, 0.4) is 0 Å². The number of pyridine rings is 1. The molecule has 0 spiro atoms. The van der Waals surface area contributed by atoms with E-state index in [-0.39, 0.29) is 5.56 Å². The number of aryl methyl sites for hydroxylation is 1. The predicted molar refractivity (Wildman–Crippen MR) is 131 cm³/mol. The molecule has 0 radical (unpaired) electrons. The Kier molecular flexibility index (Phi) is 5.33. The lowest BCUT2D eigenvalue weighted by molar-refractivity contribution is 0.0699. The van der Waals surface area contributed by atoms with Crippen LogP contribution in [0.25, 0.3) is 33.3 Å². The van der Waals surface area contributed by atoms with Gasteiger partial charge in [0.2, 0.25) is 0 Å². The van der Waals surface area contributed by atoms with Crippen LogP contribution in [-0.4, -0.2) is 16.1 Å². The first-order chi connectivity index (χ1) is 16.1. The molecule has 1 heterocycles. The summed E-state index contributed by atoms with van der Waals surface area (Å²) in [7, 11) is 0. The van der Waals surface area contributed by atoms with E-state index in [9.17, 15) is 9.90 Å². The van der Waals surface area contributed by atoms with Crippen LogP contribution in [0, 0.1) is 6.92 Å². The fourth-order valence-electron chi connectivity index (χ4n) is 3.84. The Morgan fingerprint density at radius 2 is 1.33 bits per heavy atom. The van der Waals surface area contributed by atoms with E-state index in [0.29, 0.717) is 16.6 Å². The van der Waals surface area contributed by atoms with Gasteiger partial charge in [0.15, 0.2) is 0 Å². The highest BCUT2D eigenvalue weighted by atomic mass is 16.5. The summed E-state index contributed by atoms with van der Waals surface area (Å²) in [5.74, 6) is 0.621. The third kappa shape index (κ3) is 4.32. The maximum absolute atomic E-state index is 11.9. The minimum atomic E-state index is -0.955. The third-order valence-electron chi connectivity index (χ3n) is 5.54. The minimum absolute atomic E-state index is 0.261. The summed E-state index contributed by atoms with van der Waals surface area (Å²) < 4.78 is 5.86. The van der Waals surface area contributed by atoms with Crippen LogP contribution in [0.1, 0.15) is 15.9 Å². The van der Waals surface area contributed by atoms with E-state index >= 15 is 0 Å². The molecular weight excluding hydrogens is 410 g/mol. The van der Waals surface area contributed by atoms with Crippen LogP contribution in [0.4, 0.5) is 0 Å². The first-order valence-corrected chi connectivity index (χ1v) is 10.7. The van der Waals surface area contributed by atoms with E-state index in [4.69, 9.17) is 9.72 Å². The van der Waals surface area contributed by atoms with E-state index in [0.717, 1.165) is 33.8 Å². The van der Waals surface area contributed by atoms with Gasteiger partial charge in [0.05, 0.1) is 16.8 Å². The summed E-state index contributed by atoms with van der Waals surface area (Å²) in [6, 6.07) is 32.9. The lowest BCUT2D eigenvalue weighted by atomic mass is 10.00. The van der Waals surface area contributed by atoms with Crippen molar-refractivity contribution in [3.05, 3.63) is 114 Å². The first-order valence-electron chi connectivity index (χ1n) is 10.7. The Labute approximate surface area is 191 Å². The molecule has 0 aliphatic heterocycles. The highest BCUT2D eigenvalue weighted by Crippen LogP contribution is 2.29. The smallest absolute Gasteiger partial charge is 0.336 e. The van der Waals surface area contributed by atoms with E-state index in [2.05, 4.69) is 0 Å². The number of ether oxygens (including phenoxy) is 1. The zero-order valence-electron chi connectivity index (χ0n) is 18.0. The summed E-state index contributed by atoms with van der Waals surface area (Å²) in [5.41, 5.74) is 5.57. The molecule has 4 heteroatoms. The number of aromatic nitrogens is 1. The van der Waals surface area contributed by atoms with Crippen molar-refractivity contribution < 1.29 is 14.6 Å². The second-order valence-electron chi connectivity index (χ2n) is 7.90. The average Bonchev–Trinajstić information content (AvgIpc) is 2.84. The van der Waals surface area contributed by atoms with Crippen LogP contribution in [-0.2, 0) is 0 Å². The SMILES string of the molecule is Cc1ccc2nc(-c3ccc(-c4ccc(Oc5ccccc5)cc4)cc3)cc(C(=O)O)c2c1. The van der Waals surface area contributed by atoms with Crippen LogP contribution in [0.2, 0.25) is 0 Å². The molecule has 33 heavy (non-hydrogen) atoms. The van der Waals surface area contributed by atoms with Gasteiger partial charge in [0, 0.05) is 10.9 Å². The van der Waals surface area contributed by atoms with Crippen molar-refractivity contribution >= 4 is 16.9 Å². The van der Waals surface area contributed by atoms with E-state index in [1.165, 1.54) is 0 Å². The Balaban J connectivity index is 1.42. The summed E-state index contributed by atoms with van der Waals surface area (Å²) in [6.07, 6.45) is 0.